The third-order valence-electron chi connectivity index (χ3n) is 4.02. The van der Waals surface area contributed by atoms with Crippen LogP contribution < -0.4 is 10.5 Å². The molecule has 0 radical (unpaired) electrons. The van der Waals surface area contributed by atoms with E-state index in [2.05, 4.69) is 4.98 Å². The van der Waals surface area contributed by atoms with Crippen molar-refractivity contribution in [3.8, 4) is 17.0 Å². The number of sulfone groups is 1. The van der Waals surface area contributed by atoms with Crippen LogP contribution in [-0.4, -0.2) is 32.8 Å². The van der Waals surface area contributed by atoms with Gasteiger partial charge in [-0.2, -0.15) is 0 Å². The number of rotatable bonds is 5. The lowest BCUT2D eigenvalue weighted by molar-refractivity contribution is 0.416. The molecule has 2 N–H and O–H groups in total. The summed E-state index contributed by atoms with van der Waals surface area (Å²) in [6.07, 6.45) is 4.08. The molecule has 130 valence electrons. The standard InChI is InChI=1S/C17H20N2O3S.ClH/c1-22-17-6-3-11(10-23(2,20)21)7-14(17)16-5-4-12(9-19-16)13-8-15(13)18;/h3-7,9,13,15H,8,10,18H2,1-2H3;1H/t13-,15+;/m1./s1. The summed E-state index contributed by atoms with van der Waals surface area (Å²) in [7, 11) is -1.50. The van der Waals surface area contributed by atoms with Gasteiger partial charge in [-0.1, -0.05) is 12.1 Å². The van der Waals surface area contributed by atoms with Gasteiger partial charge in [0.2, 0.25) is 0 Å². The molecule has 5 nitrogen and oxygen atoms in total. The highest BCUT2D eigenvalue weighted by molar-refractivity contribution is 7.89. The number of hydrogen-bond acceptors (Lipinski definition) is 5. The summed E-state index contributed by atoms with van der Waals surface area (Å²) >= 11 is 0. The Hall–Kier alpha value is -1.63. The van der Waals surface area contributed by atoms with Gasteiger partial charge in [-0.25, -0.2) is 8.42 Å². The Labute approximate surface area is 148 Å². The second-order valence-electron chi connectivity index (χ2n) is 6.09. The molecule has 0 aliphatic heterocycles. The second kappa shape index (κ2) is 7.09. The fourth-order valence-electron chi connectivity index (χ4n) is 2.73. The normalized spacial score (nSPS) is 19.5. The third kappa shape index (κ3) is 4.26. The molecule has 3 rings (SSSR count). The van der Waals surface area contributed by atoms with Crippen LogP contribution in [0.1, 0.15) is 23.5 Å². The van der Waals surface area contributed by atoms with E-state index in [1.165, 1.54) is 6.26 Å². The first-order chi connectivity index (χ1) is 10.9. The molecule has 0 spiro atoms. The first kappa shape index (κ1) is 18.7. The highest BCUT2D eigenvalue weighted by atomic mass is 35.5. The molecule has 1 aromatic carbocycles. The van der Waals surface area contributed by atoms with Gasteiger partial charge < -0.3 is 10.5 Å². The molecule has 2 aromatic rings. The Balaban J connectivity index is 0.00000208. The van der Waals surface area contributed by atoms with Gasteiger partial charge in [0, 0.05) is 30.0 Å². The van der Waals surface area contributed by atoms with Crippen LogP contribution in [0.5, 0.6) is 5.75 Å². The maximum Gasteiger partial charge on any atom is 0.151 e. The van der Waals surface area contributed by atoms with E-state index in [9.17, 15) is 8.42 Å². The summed E-state index contributed by atoms with van der Waals surface area (Å²) in [5, 5.41) is 0. The molecule has 7 heteroatoms. The Kier molecular flexibility index (Phi) is 5.52. The van der Waals surface area contributed by atoms with Crippen LogP contribution in [0.2, 0.25) is 0 Å². The summed E-state index contributed by atoms with van der Waals surface area (Å²) in [4.78, 5) is 4.51. The van der Waals surface area contributed by atoms with Gasteiger partial charge in [0.15, 0.2) is 9.84 Å². The van der Waals surface area contributed by atoms with E-state index in [0.717, 1.165) is 28.8 Å². The van der Waals surface area contributed by atoms with Gasteiger partial charge in [-0.3, -0.25) is 4.98 Å². The zero-order chi connectivity index (χ0) is 16.6. The summed E-state index contributed by atoms with van der Waals surface area (Å²) in [6, 6.07) is 9.58. The molecule has 1 aliphatic carbocycles. The summed E-state index contributed by atoms with van der Waals surface area (Å²) in [5.74, 6) is 1.08. The lowest BCUT2D eigenvalue weighted by atomic mass is 10.1. The molecular formula is C17H21ClN2O3S. The summed E-state index contributed by atoms with van der Waals surface area (Å²) in [6.45, 7) is 0. The van der Waals surface area contributed by atoms with Gasteiger partial charge in [-0.15, -0.1) is 12.4 Å². The maximum absolute atomic E-state index is 11.5. The first-order valence-corrected chi connectivity index (χ1v) is 9.50. The van der Waals surface area contributed by atoms with E-state index in [0.29, 0.717) is 11.7 Å². The minimum absolute atomic E-state index is 0. The molecule has 0 unspecified atom stereocenters. The van der Waals surface area contributed by atoms with Crippen molar-refractivity contribution in [1.29, 1.82) is 0 Å². The third-order valence-corrected chi connectivity index (χ3v) is 4.88. The Morgan fingerprint density at radius 3 is 2.50 bits per heavy atom. The highest BCUT2D eigenvalue weighted by Gasteiger charge is 2.34. The van der Waals surface area contributed by atoms with Crippen molar-refractivity contribution in [3.63, 3.8) is 0 Å². The van der Waals surface area contributed by atoms with Crippen molar-refractivity contribution >= 4 is 22.2 Å². The van der Waals surface area contributed by atoms with Crippen molar-refractivity contribution in [2.75, 3.05) is 13.4 Å². The number of pyridine rings is 1. The highest BCUT2D eigenvalue weighted by Crippen LogP contribution is 2.39. The summed E-state index contributed by atoms with van der Waals surface area (Å²) < 4.78 is 28.4. The van der Waals surface area contributed by atoms with Crippen molar-refractivity contribution in [2.24, 2.45) is 5.73 Å². The Bertz CT molecular complexity index is 822. The van der Waals surface area contributed by atoms with E-state index in [-0.39, 0.29) is 24.2 Å². The number of aromatic nitrogens is 1. The SMILES string of the molecule is COc1ccc(CS(C)(=O)=O)cc1-c1ccc([C@H]2C[C@@H]2N)cn1.Cl. The fraction of sp³-hybridized carbons (Fsp3) is 0.353. The number of nitrogens with zero attached hydrogens (tertiary/aromatic N) is 1. The second-order valence-corrected chi connectivity index (χ2v) is 8.23. The van der Waals surface area contributed by atoms with Crippen LogP contribution in [0.25, 0.3) is 11.3 Å². The minimum atomic E-state index is -3.09. The maximum atomic E-state index is 11.5. The van der Waals surface area contributed by atoms with Gasteiger partial charge in [0.25, 0.3) is 0 Å². The average molecular weight is 369 g/mol. The number of benzene rings is 1. The van der Waals surface area contributed by atoms with Crippen LogP contribution >= 0.6 is 12.4 Å². The van der Waals surface area contributed by atoms with Crippen molar-refractivity contribution in [2.45, 2.75) is 24.1 Å². The van der Waals surface area contributed by atoms with Gasteiger partial charge >= 0.3 is 0 Å². The van der Waals surface area contributed by atoms with Crippen LogP contribution in [-0.2, 0) is 15.6 Å². The Morgan fingerprint density at radius 1 is 1.29 bits per heavy atom. The Morgan fingerprint density at radius 2 is 2.00 bits per heavy atom. The van der Waals surface area contributed by atoms with Crippen molar-refractivity contribution in [3.05, 3.63) is 47.7 Å². The number of hydrogen-bond donors (Lipinski definition) is 1. The molecule has 24 heavy (non-hydrogen) atoms. The minimum Gasteiger partial charge on any atom is -0.496 e. The molecule has 1 fully saturated rings. The van der Waals surface area contributed by atoms with Gasteiger partial charge in [0.05, 0.1) is 18.6 Å². The van der Waals surface area contributed by atoms with Crippen LogP contribution in [0.4, 0.5) is 0 Å². The zero-order valence-corrected chi connectivity index (χ0v) is 15.2. The largest absolute Gasteiger partial charge is 0.496 e. The van der Waals surface area contributed by atoms with E-state index >= 15 is 0 Å². The van der Waals surface area contributed by atoms with Crippen molar-refractivity contribution < 1.29 is 13.2 Å². The molecule has 1 saturated carbocycles. The predicted molar refractivity (Wildman–Crippen MR) is 97.4 cm³/mol. The number of nitrogens with two attached hydrogens (primary N) is 1. The van der Waals surface area contributed by atoms with Crippen LogP contribution in [0.15, 0.2) is 36.5 Å². The van der Waals surface area contributed by atoms with E-state index in [1.807, 2.05) is 24.4 Å². The molecule has 1 aliphatic rings. The lowest BCUT2D eigenvalue weighted by Gasteiger charge is -2.11. The molecule has 0 bridgehead atoms. The van der Waals surface area contributed by atoms with Crippen molar-refractivity contribution in [1.82, 2.24) is 4.98 Å². The van der Waals surface area contributed by atoms with E-state index in [4.69, 9.17) is 10.5 Å². The average Bonchev–Trinajstić information content (AvgIpc) is 3.23. The lowest BCUT2D eigenvalue weighted by Crippen LogP contribution is -2.02. The predicted octanol–water partition coefficient (Wildman–Crippen LogP) is 2.54. The number of halogens is 1. The van der Waals surface area contributed by atoms with Crippen LogP contribution in [0.3, 0.4) is 0 Å². The van der Waals surface area contributed by atoms with E-state index in [1.54, 1.807) is 19.2 Å². The van der Waals surface area contributed by atoms with Crippen LogP contribution in [0, 0.1) is 0 Å². The number of methoxy groups -OCH3 is 1. The molecule has 2 atom stereocenters. The van der Waals surface area contributed by atoms with E-state index < -0.39 is 9.84 Å². The smallest absolute Gasteiger partial charge is 0.151 e. The zero-order valence-electron chi connectivity index (χ0n) is 13.6. The summed E-state index contributed by atoms with van der Waals surface area (Å²) in [5.41, 5.74) is 9.29. The topological polar surface area (TPSA) is 82.3 Å². The number of ether oxygens (including phenoxy) is 1. The molecule has 0 amide bonds. The molecular weight excluding hydrogens is 348 g/mol. The monoisotopic (exact) mass is 368 g/mol. The molecule has 1 heterocycles. The van der Waals surface area contributed by atoms with Gasteiger partial charge in [0.1, 0.15) is 5.75 Å². The molecule has 0 saturated heterocycles. The van der Waals surface area contributed by atoms with Gasteiger partial charge in [-0.05, 0) is 35.7 Å². The fourth-order valence-corrected chi connectivity index (χ4v) is 3.51. The quantitative estimate of drug-likeness (QED) is 0.876. The first-order valence-electron chi connectivity index (χ1n) is 7.44. The molecule has 1 aromatic heterocycles.